The molecule has 2 nitrogen and oxygen atoms in total. The Hall–Kier alpha value is -1.07. The van der Waals surface area contributed by atoms with Crippen molar-refractivity contribution in [2.75, 3.05) is 0 Å². The summed E-state index contributed by atoms with van der Waals surface area (Å²) in [5, 5.41) is 0. The van der Waals surface area contributed by atoms with Gasteiger partial charge >= 0.3 is 0 Å². The highest BCUT2D eigenvalue weighted by Gasteiger charge is 2.09. The average Bonchev–Trinajstić information content (AvgIpc) is 2.38. The molecule has 100 valence electrons. The Morgan fingerprint density at radius 1 is 1.00 bits per heavy atom. The molecule has 2 aromatic carbocycles. The van der Waals surface area contributed by atoms with Crippen LogP contribution in [-0.4, -0.2) is 6.10 Å². The first-order valence-electron chi connectivity index (χ1n) is 6.34. The number of nitrogens with two attached hydrogens (primary N) is 1. The monoisotopic (exact) mass is 367 g/mol. The number of ether oxygens (including phenoxy) is 1. The molecule has 2 rings (SSSR count). The van der Waals surface area contributed by atoms with E-state index in [4.69, 9.17) is 10.5 Å². The Morgan fingerprint density at radius 3 is 2.26 bits per heavy atom. The van der Waals surface area contributed by atoms with Gasteiger partial charge in [0.1, 0.15) is 5.75 Å². The molecule has 1 unspecified atom stereocenters. The van der Waals surface area contributed by atoms with Crippen molar-refractivity contribution in [1.82, 2.24) is 0 Å². The second-order valence-electron chi connectivity index (χ2n) is 4.77. The van der Waals surface area contributed by atoms with Crippen molar-refractivity contribution >= 4 is 22.6 Å². The van der Waals surface area contributed by atoms with Crippen molar-refractivity contribution < 1.29 is 4.74 Å². The Morgan fingerprint density at radius 2 is 1.68 bits per heavy atom. The van der Waals surface area contributed by atoms with Crippen molar-refractivity contribution in [2.45, 2.75) is 26.0 Å². The number of halogens is 1. The third-order valence-corrected chi connectivity index (χ3v) is 3.49. The first-order valence-corrected chi connectivity index (χ1v) is 7.42. The molecule has 0 amide bonds. The molecule has 0 aliphatic carbocycles. The molecule has 0 heterocycles. The van der Waals surface area contributed by atoms with E-state index in [0.717, 1.165) is 16.9 Å². The first kappa shape index (κ1) is 14.3. The van der Waals surface area contributed by atoms with Gasteiger partial charge in [0.2, 0.25) is 0 Å². The minimum Gasteiger partial charge on any atom is -0.491 e. The van der Waals surface area contributed by atoms with Gasteiger partial charge in [-0.15, -0.1) is 0 Å². The van der Waals surface area contributed by atoms with Crippen molar-refractivity contribution in [1.29, 1.82) is 0 Å². The summed E-state index contributed by atoms with van der Waals surface area (Å²) in [5.41, 5.74) is 8.52. The highest BCUT2D eigenvalue weighted by molar-refractivity contribution is 14.1. The molecule has 19 heavy (non-hydrogen) atoms. The van der Waals surface area contributed by atoms with Gasteiger partial charge in [-0.1, -0.05) is 24.3 Å². The van der Waals surface area contributed by atoms with E-state index in [1.807, 2.05) is 44.2 Å². The van der Waals surface area contributed by atoms with Gasteiger partial charge in [-0.3, -0.25) is 0 Å². The molecule has 1 atom stereocenters. The van der Waals surface area contributed by atoms with Crippen LogP contribution < -0.4 is 10.5 Å². The van der Waals surface area contributed by atoms with E-state index in [1.165, 1.54) is 3.57 Å². The molecule has 0 aliphatic rings. The van der Waals surface area contributed by atoms with Crippen molar-refractivity contribution in [3.05, 3.63) is 63.2 Å². The third-order valence-electron chi connectivity index (χ3n) is 2.82. The van der Waals surface area contributed by atoms with Gasteiger partial charge in [-0.05, 0) is 71.8 Å². The predicted molar refractivity (Wildman–Crippen MR) is 87.4 cm³/mol. The molecule has 0 bridgehead atoms. The van der Waals surface area contributed by atoms with E-state index in [-0.39, 0.29) is 12.1 Å². The summed E-state index contributed by atoms with van der Waals surface area (Å²) in [4.78, 5) is 0. The molecule has 0 spiro atoms. The van der Waals surface area contributed by atoms with E-state index in [2.05, 4.69) is 40.8 Å². The van der Waals surface area contributed by atoms with Gasteiger partial charge in [-0.2, -0.15) is 0 Å². The highest BCUT2D eigenvalue weighted by Crippen LogP contribution is 2.23. The highest BCUT2D eigenvalue weighted by atomic mass is 127. The fourth-order valence-electron chi connectivity index (χ4n) is 1.92. The van der Waals surface area contributed by atoms with Gasteiger partial charge in [0.05, 0.1) is 12.1 Å². The maximum Gasteiger partial charge on any atom is 0.119 e. The first-order chi connectivity index (χ1) is 9.06. The quantitative estimate of drug-likeness (QED) is 0.825. The Balaban J connectivity index is 2.17. The van der Waals surface area contributed by atoms with Crippen LogP contribution in [0.2, 0.25) is 0 Å². The van der Waals surface area contributed by atoms with Crippen LogP contribution >= 0.6 is 22.6 Å². The molecule has 0 aliphatic heterocycles. The summed E-state index contributed by atoms with van der Waals surface area (Å²) < 4.78 is 6.83. The predicted octanol–water partition coefficient (Wildman–Crippen LogP) is 4.13. The lowest BCUT2D eigenvalue weighted by Gasteiger charge is -2.15. The zero-order valence-electron chi connectivity index (χ0n) is 11.1. The number of benzene rings is 2. The molecule has 0 fully saturated rings. The van der Waals surface area contributed by atoms with Crippen molar-refractivity contribution in [3.8, 4) is 5.75 Å². The molecule has 0 saturated heterocycles. The van der Waals surface area contributed by atoms with Crippen LogP contribution in [0.3, 0.4) is 0 Å². The Kier molecular flexibility index (Phi) is 4.82. The number of hydrogen-bond donors (Lipinski definition) is 1. The fraction of sp³-hybridized carbons (Fsp3) is 0.250. The smallest absolute Gasteiger partial charge is 0.119 e. The molecular weight excluding hydrogens is 349 g/mol. The average molecular weight is 367 g/mol. The minimum absolute atomic E-state index is 0.0946. The topological polar surface area (TPSA) is 35.2 Å². The summed E-state index contributed by atoms with van der Waals surface area (Å²) >= 11 is 2.30. The number of hydrogen-bond acceptors (Lipinski definition) is 2. The maximum atomic E-state index is 6.29. The molecule has 0 radical (unpaired) electrons. The van der Waals surface area contributed by atoms with Gasteiger partial charge in [-0.25, -0.2) is 0 Å². The normalized spacial score (nSPS) is 12.5. The second kappa shape index (κ2) is 6.39. The summed E-state index contributed by atoms with van der Waals surface area (Å²) in [6, 6.07) is 16.2. The van der Waals surface area contributed by atoms with Gasteiger partial charge in [0.25, 0.3) is 0 Å². The van der Waals surface area contributed by atoms with Gasteiger partial charge in [0.15, 0.2) is 0 Å². The summed E-state index contributed by atoms with van der Waals surface area (Å²) in [5.74, 6) is 0.883. The molecule has 3 heteroatoms. The molecular formula is C16H18INO. The van der Waals surface area contributed by atoms with Crippen LogP contribution in [0.1, 0.15) is 31.0 Å². The molecule has 0 aromatic heterocycles. The third kappa shape index (κ3) is 3.94. The van der Waals surface area contributed by atoms with Gasteiger partial charge < -0.3 is 10.5 Å². The van der Waals surface area contributed by atoms with E-state index in [9.17, 15) is 0 Å². The van der Waals surface area contributed by atoms with Crippen LogP contribution in [0.25, 0.3) is 0 Å². The SMILES string of the molecule is CC(C)Oc1ccc(C(N)c2cccc(I)c2)cc1. The lowest BCUT2D eigenvalue weighted by atomic mass is 10.00. The zero-order valence-corrected chi connectivity index (χ0v) is 13.3. The summed E-state index contributed by atoms with van der Waals surface area (Å²) in [7, 11) is 0. The van der Waals surface area contributed by atoms with E-state index >= 15 is 0 Å². The molecule has 2 N–H and O–H groups in total. The van der Waals surface area contributed by atoms with Crippen molar-refractivity contribution in [3.63, 3.8) is 0 Å². The second-order valence-corrected chi connectivity index (χ2v) is 6.01. The van der Waals surface area contributed by atoms with E-state index < -0.39 is 0 Å². The fourth-order valence-corrected chi connectivity index (χ4v) is 2.49. The Bertz CT molecular complexity index is 537. The maximum absolute atomic E-state index is 6.29. The lowest BCUT2D eigenvalue weighted by molar-refractivity contribution is 0.242. The zero-order chi connectivity index (χ0) is 13.8. The summed E-state index contributed by atoms with van der Waals surface area (Å²) in [6.07, 6.45) is 0.190. The molecule has 2 aromatic rings. The standard InChI is InChI=1S/C16H18INO/c1-11(2)19-15-8-6-12(7-9-15)16(18)13-4-3-5-14(17)10-13/h3-11,16H,18H2,1-2H3. The minimum atomic E-state index is -0.0946. The lowest BCUT2D eigenvalue weighted by Crippen LogP contribution is -2.12. The van der Waals surface area contributed by atoms with Crippen LogP contribution in [-0.2, 0) is 0 Å². The van der Waals surface area contributed by atoms with Crippen LogP contribution in [0, 0.1) is 3.57 Å². The van der Waals surface area contributed by atoms with E-state index in [0.29, 0.717) is 0 Å². The largest absolute Gasteiger partial charge is 0.491 e. The van der Waals surface area contributed by atoms with Crippen molar-refractivity contribution in [2.24, 2.45) is 5.73 Å². The van der Waals surface area contributed by atoms with Crippen LogP contribution in [0.5, 0.6) is 5.75 Å². The summed E-state index contributed by atoms with van der Waals surface area (Å²) in [6.45, 7) is 4.04. The van der Waals surface area contributed by atoms with Gasteiger partial charge in [0, 0.05) is 3.57 Å². The Labute approximate surface area is 128 Å². The van der Waals surface area contributed by atoms with Crippen LogP contribution in [0.15, 0.2) is 48.5 Å². The number of rotatable bonds is 4. The molecule has 0 saturated carbocycles. The van der Waals surface area contributed by atoms with Crippen LogP contribution in [0.4, 0.5) is 0 Å². The van der Waals surface area contributed by atoms with E-state index in [1.54, 1.807) is 0 Å².